The lowest BCUT2D eigenvalue weighted by atomic mass is 10.0. The molecule has 7 nitrogen and oxygen atoms in total. The third-order valence-electron chi connectivity index (χ3n) is 4.11. The van der Waals surface area contributed by atoms with Crippen molar-refractivity contribution in [2.45, 2.75) is 19.4 Å². The van der Waals surface area contributed by atoms with Gasteiger partial charge in [-0.25, -0.2) is 0 Å². The van der Waals surface area contributed by atoms with E-state index in [0.29, 0.717) is 16.5 Å². The van der Waals surface area contributed by atoms with Crippen LogP contribution in [0.3, 0.4) is 0 Å². The zero-order valence-electron chi connectivity index (χ0n) is 14.8. The molecule has 0 saturated heterocycles. The summed E-state index contributed by atoms with van der Waals surface area (Å²) in [6, 6.07) is 11.2. The van der Waals surface area contributed by atoms with Crippen LogP contribution in [0, 0.1) is 0 Å². The van der Waals surface area contributed by atoms with Crippen molar-refractivity contribution in [1.29, 1.82) is 0 Å². The Balaban J connectivity index is 1.88. The van der Waals surface area contributed by atoms with E-state index in [1.807, 2.05) is 0 Å². The van der Waals surface area contributed by atoms with Gasteiger partial charge >= 0.3 is 0 Å². The summed E-state index contributed by atoms with van der Waals surface area (Å²) in [5.74, 6) is -1.07. The number of primary amides is 1. The number of amides is 3. The summed E-state index contributed by atoms with van der Waals surface area (Å²) in [4.78, 5) is 38.2. The fourth-order valence-electron chi connectivity index (χ4n) is 2.84. The number of rotatable bonds is 4. The van der Waals surface area contributed by atoms with Crippen molar-refractivity contribution in [3.8, 4) is 5.75 Å². The Morgan fingerprint density at radius 3 is 2.63 bits per heavy atom. The number of para-hydroxylation sites is 1. The van der Waals surface area contributed by atoms with E-state index < -0.39 is 17.4 Å². The topological polar surface area (TPSA) is 102 Å². The first-order chi connectivity index (χ1) is 12.7. The molecule has 0 bridgehead atoms. The van der Waals surface area contributed by atoms with Gasteiger partial charge < -0.3 is 15.8 Å². The van der Waals surface area contributed by atoms with Crippen molar-refractivity contribution in [2.75, 3.05) is 16.8 Å². The first kappa shape index (κ1) is 18.7. The number of nitrogens with one attached hydrogen (secondary N) is 1. The van der Waals surface area contributed by atoms with Gasteiger partial charge in [0.15, 0.2) is 5.60 Å². The molecule has 3 N–H and O–H groups in total. The maximum Gasteiger partial charge on any atom is 0.271 e. The molecule has 2 aromatic rings. The first-order valence-corrected chi connectivity index (χ1v) is 8.56. The monoisotopic (exact) mass is 387 g/mol. The van der Waals surface area contributed by atoms with Crippen molar-refractivity contribution >= 4 is 40.7 Å². The Morgan fingerprint density at radius 1 is 1.22 bits per heavy atom. The normalized spacial score (nSPS) is 14.9. The van der Waals surface area contributed by atoms with E-state index in [-0.39, 0.29) is 23.7 Å². The van der Waals surface area contributed by atoms with E-state index in [2.05, 4.69) is 5.32 Å². The number of hydrogen-bond acceptors (Lipinski definition) is 4. The lowest BCUT2D eigenvalue weighted by Gasteiger charge is -2.38. The highest BCUT2D eigenvalue weighted by Crippen LogP contribution is 2.39. The maximum absolute atomic E-state index is 12.8. The molecule has 27 heavy (non-hydrogen) atoms. The Kier molecular flexibility index (Phi) is 4.80. The molecular formula is C19H18ClN3O4. The van der Waals surface area contributed by atoms with E-state index in [9.17, 15) is 14.4 Å². The largest absolute Gasteiger partial charge is 0.476 e. The highest BCUT2D eigenvalue weighted by Gasteiger charge is 2.41. The Bertz CT molecular complexity index is 942. The zero-order valence-corrected chi connectivity index (χ0v) is 15.5. The highest BCUT2D eigenvalue weighted by atomic mass is 35.5. The third-order valence-corrected chi connectivity index (χ3v) is 4.34. The molecule has 1 heterocycles. The van der Waals surface area contributed by atoms with Gasteiger partial charge in [-0.2, -0.15) is 0 Å². The van der Waals surface area contributed by atoms with Crippen molar-refractivity contribution in [2.24, 2.45) is 5.73 Å². The van der Waals surface area contributed by atoms with Gasteiger partial charge in [0.05, 0.1) is 16.9 Å². The van der Waals surface area contributed by atoms with E-state index in [1.54, 1.807) is 50.2 Å². The molecule has 0 unspecified atom stereocenters. The number of fused-ring (bicyclic) bond motifs is 1. The van der Waals surface area contributed by atoms with Crippen LogP contribution < -0.4 is 20.7 Å². The summed E-state index contributed by atoms with van der Waals surface area (Å²) >= 11 is 6.04. The molecule has 3 rings (SSSR count). The first-order valence-electron chi connectivity index (χ1n) is 8.18. The maximum atomic E-state index is 12.8. The number of carbonyl (C=O) groups excluding carboxylic acids is 3. The second kappa shape index (κ2) is 6.92. The number of hydrogen-bond donors (Lipinski definition) is 2. The van der Waals surface area contributed by atoms with E-state index in [1.165, 1.54) is 11.0 Å². The van der Waals surface area contributed by atoms with Crippen LogP contribution in [0.5, 0.6) is 5.75 Å². The quantitative estimate of drug-likeness (QED) is 0.841. The van der Waals surface area contributed by atoms with Crippen molar-refractivity contribution in [3.63, 3.8) is 0 Å². The van der Waals surface area contributed by atoms with Crippen molar-refractivity contribution in [1.82, 2.24) is 0 Å². The molecule has 3 amide bonds. The van der Waals surface area contributed by atoms with Gasteiger partial charge in [-0.05, 0) is 44.2 Å². The van der Waals surface area contributed by atoms with Crippen LogP contribution >= 0.6 is 11.6 Å². The summed E-state index contributed by atoms with van der Waals surface area (Å²) in [6.45, 7) is 2.98. The standard InChI is InChI=1S/C19H18ClN3O4/c1-19(2)18(26)23(14-9-11(20)7-8-15(14)27-19)10-16(24)22-13-6-4-3-5-12(13)17(21)25/h3-9H,10H2,1-2H3,(H2,21,25)(H,22,24). The van der Waals surface area contributed by atoms with Gasteiger partial charge in [-0.15, -0.1) is 0 Å². The molecule has 0 atom stereocenters. The van der Waals surface area contributed by atoms with Crippen LogP contribution in [0.15, 0.2) is 42.5 Å². The average Bonchev–Trinajstić information content (AvgIpc) is 2.60. The summed E-state index contributed by atoms with van der Waals surface area (Å²) in [5.41, 5.74) is 5.06. The lowest BCUT2D eigenvalue weighted by molar-refractivity contribution is -0.133. The lowest BCUT2D eigenvalue weighted by Crippen LogP contribution is -2.54. The van der Waals surface area contributed by atoms with Crippen LogP contribution in [0.25, 0.3) is 0 Å². The van der Waals surface area contributed by atoms with E-state index >= 15 is 0 Å². The summed E-state index contributed by atoms with van der Waals surface area (Å²) in [5, 5.41) is 3.04. The van der Waals surface area contributed by atoms with Crippen molar-refractivity contribution < 1.29 is 19.1 Å². The molecule has 2 aromatic carbocycles. The number of ether oxygens (including phenoxy) is 1. The fraction of sp³-hybridized carbons (Fsp3) is 0.211. The molecule has 0 fully saturated rings. The van der Waals surface area contributed by atoms with Crippen LogP contribution in [0.2, 0.25) is 5.02 Å². The molecule has 0 aromatic heterocycles. The van der Waals surface area contributed by atoms with Crippen molar-refractivity contribution in [3.05, 3.63) is 53.1 Å². The van der Waals surface area contributed by atoms with Crippen LogP contribution in [0.1, 0.15) is 24.2 Å². The predicted octanol–water partition coefficient (Wildman–Crippen LogP) is 2.58. The average molecular weight is 388 g/mol. The minimum atomic E-state index is -1.13. The number of anilines is 2. The van der Waals surface area contributed by atoms with Gasteiger partial charge in [-0.1, -0.05) is 23.7 Å². The van der Waals surface area contributed by atoms with Gasteiger partial charge in [-0.3, -0.25) is 19.3 Å². The van der Waals surface area contributed by atoms with Crippen LogP contribution in [0.4, 0.5) is 11.4 Å². The van der Waals surface area contributed by atoms with Gasteiger partial charge in [0.1, 0.15) is 12.3 Å². The third kappa shape index (κ3) is 3.73. The molecule has 1 aliphatic rings. The minimum Gasteiger partial charge on any atom is -0.476 e. The molecule has 0 radical (unpaired) electrons. The van der Waals surface area contributed by atoms with Gasteiger partial charge in [0, 0.05) is 5.02 Å². The van der Waals surface area contributed by atoms with Crippen LogP contribution in [-0.4, -0.2) is 29.9 Å². The zero-order chi connectivity index (χ0) is 19.8. The summed E-state index contributed by atoms with van der Waals surface area (Å²) in [7, 11) is 0. The van der Waals surface area contributed by atoms with Gasteiger partial charge in [0.25, 0.3) is 11.8 Å². The molecule has 0 spiro atoms. The summed E-state index contributed by atoms with van der Waals surface area (Å²) < 4.78 is 5.72. The van der Waals surface area contributed by atoms with E-state index in [4.69, 9.17) is 22.1 Å². The highest BCUT2D eigenvalue weighted by molar-refractivity contribution is 6.31. The number of benzene rings is 2. The number of carbonyl (C=O) groups is 3. The Hall–Kier alpha value is -3.06. The Morgan fingerprint density at radius 2 is 1.93 bits per heavy atom. The molecule has 0 aliphatic carbocycles. The smallest absolute Gasteiger partial charge is 0.271 e. The molecule has 140 valence electrons. The molecule has 0 saturated carbocycles. The fourth-order valence-corrected chi connectivity index (χ4v) is 3.00. The second-order valence-corrected chi connectivity index (χ2v) is 7.01. The van der Waals surface area contributed by atoms with Crippen LogP contribution in [-0.2, 0) is 9.59 Å². The number of halogens is 1. The van der Waals surface area contributed by atoms with Gasteiger partial charge in [0.2, 0.25) is 5.91 Å². The molecule has 8 heteroatoms. The Labute approximate surface area is 161 Å². The minimum absolute atomic E-state index is 0.183. The summed E-state index contributed by atoms with van der Waals surface area (Å²) in [6.07, 6.45) is 0. The number of nitrogens with zero attached hydrogens (tertiary/aromatic N) is 1. The SMILES string of the molecule is CC1(C)Oc2ccc(Cl)cc2N(CC(=O)Nc2ccccc2C(N)=O)C1=O. The molecule has 1 aliphatic heterocycles. The predicted molar refractivity (Wildman–Crippen MR) is 102 cm³/mol. The van der Waals surface area contributed by atoms with E-state index in [0.717, 1.165) is 0 Å². The molecular weight excluding hydrogens is 370 g/mol. The second-order valence-electron chi connectivity index (χ2n) is 6.57. The number of nitrogens with two attached hydrogens (primary N) is 1.